The fourth-order valence-corrected chi connectivity index (χ4v) is 1.41. The second-order valence-corrected chi connectivity index (χ2v) is 3.54. The van der Waals surface area contributed by atoms with Crippen molar-refractivity contribution < 1.29 is 9.18 Å². The molecule has 1 aromatic rings. The molecule has 5 heteroatoms. The van der Waals surface area contributed by atoms with Gasteiger partial charge in [-0.1, -0.05) is 17.7 Å². The van der Waals surface area contributed by atoms with E-state index in [4.69, 9.17) is 16.9 Å². The number of carbonyl (C=O) groups excluding carboxylic acids is 1. The molecule has 0 heterocycles. The lowest BCUT2D eigenvalue weighted by Crippen LogP contribution is -2.26. The van der Waals surface area contributed by atoms with Crippen LogP contribution in [0.15, 0.2) is 18.2 Å². The summed E-state index contributed by atoms with van der Waals surface area (Å²) in [5, 5.41) is 11.0. The van der Waals surface area contributed by atoms with E-state index in [0.29, 0.717) is 0 Å². The SMILES string of the molecule is N#CCCNC(=O)Cc1c(F)cccc1Cl. The van der Waals surface area contributed by atoms with Crippen molar-refractivity contribution in [2.75, 3.05) is 6.54 Å². The summed E-state index contributed by atoms with van der Waals surface area (Å²) in [6.45, 7) is 0.265. The van der Waals surface area contributed by atoms with Crippen molar-refractivity contribution in [2.45, 2.75) is 12.8 Å². The molecule has 0 unspecified atom stereocenters. The number of nitrogens with zero attached hydrogens (tertiary/aromatic N) is 1. The molecule has 0 aliphatic rings. The first-order valence-corrected chi connectivity index (χ1v) is 5.09. The topological polar surface area (TPSA) is 52.9 Å². The highest BCUT2D eigenvalue weighted by molar-refractivity contribution is 6.31. The summed E-state index contributed by atoms with van der Waals surface area (Å²) in [5.74, 6) is -0.842. The quantitative estimate of drug-likeness (QED) is 0.819. The minimum Gasteiger partial charge on any atom is -0.355 e. The van der Waals surface area contributed by atoms with E-state index in [1.807, 2.05) is 6.07 Å². The molecular formula is C11H10ClFN2O. The van der Waals surface area contributed by atoms with E-state index >= 15 is 0 Å². The Hall–Kier alpha value is -1.60. The van der Waals surface area contributed by atoms with Gasteiger partial charge in [0.2, 0.25) is 5.91 Å². The van der Waals surface area contributed by atoms with Gasteiger partial charge in [-0.2, -0.15) is 5.26 Å². The molecule has 1 N–H and O–H groups in total. The zero-order valence-corrected chi connectivity index (χ0v) is 9.22. The van der Waals surface area contributed by atoms with E-state index in [0.717, 1.165) is 0 Å². The first-order chi connectivity index (χ1) is 7.65. The summed E-state index contributed by atoms with van der Waals surface area (Å²) in [6, 6.07) is 6.16. The Labute approximate surface area is 97.8 Å². The molecule has 16 heavy (non-hydrogen) atoms. The maximum absolute atomic E-state index is 13.3. The minimum atomic E-state index is -0.497. The van der Waals surface area contributed by atoms with E-state index in [-0.39, 0.29) is 35.9 Å². The van der Waals surface area contributed by atoms with Crippen LogP contribution in [0.4, 0.5) is 4.39 Å². The highest BCUT2D eigenvalue weighted by Gasteiger charge is 2.11. The molecule has 0 saturated carbocycles. The van der Waals surface area contributed by atoms with Gasteiger partial charge in [-0.15, -0.1) is 0 Å². The van der Waals surface area contributed by atoms with E-state index < -0.39 is 5.82 Å². The average molecular weight is 241 g/mol. The molecule has 3 nitrogen and oxygen atoms in total. The van der Waals surface area contributed by atoms with Gasteiger partial charge in [-0.05, 0) is 12.1 Å². The third-order valence-electron chi connectivity index (χ3n) is 1.96. The van der Waals surface area contributed by atoms with Gasteiger partial charge in [0.05, 0.1) is 18.9 Å². The highest BCUT2D eigenvalue weighted by atomic mass is 35.5. The Kier molecular flexibility index (Phi) is 4.74. The lowest BCUT2D eigenvalue weighted by atomic mass is 10.1. The van der Waals surface area contributed by atoms with E-state index in [2.05, 4.69) is 5.32 Å². The van der Waals surface area contributed by atoms with E-state index in [9.17, 15) is 9.18 Å². The van der Waals surface area contributed by atoms with Crippen LogP contribution in [0.3, 0.4) is 0 Å². The first-order valence-electron chi connectivity index (χ1n) is 4.71. The number of rotatable bonds is 4. The van der Waals surface area contributed by atoms with Crippen LogP contribution in [-0.4, -0.2) is 12.5 Å². The van der Waals surface area contributed by atoms with Crippen LogP contribution in [0.5, 0.6) is 0 Å². The van der Waals surface area contributed by atoms with Crippen molar-refractivity contribution in [3.05, 3.63) is 34.6 Å². The van der Waals surface area contributed by atoms with Gasteiger partial charge in [-0.25, -0.2) is 4.39 Å². The normalized spacial score (nSPS) is 9.56. The largest absolute Gasteiger partial charge is 0.355 e. The number of benzene rings is 1. The van der Waals surface area contributed by atoms with Crippen LogP contribution >= 0.6 is 11.6 Å². The predicted octanol–water partition coefficient (Wildman–Crippen LogP) is 2.05. The van der Waals surface area contributed by atoms with Crippen molar-refractivity contribution in [3.8, 4) is 6.07 Å². The van der Waals surface area contributed by atoms with Crippen molar-refractivity contribution in [1.82, 2.24) is 5.32 Å². The molecule has 1 amide bonds. The van der Waals surface area contributed by atoms with Crippen LogP contribution in [0.1, 0.15) is 12.0 Å². The molecule has 1 aromatic carbocycles. The summed E-state index contributed by atoms with van der Waals surface area (Å²) in [7, 11) is 0. The van der Waals surface area contributed by atoms with Crippen LogP contribution < -0.4 is 5.32 Å². The van der Waals surface area contributed by atoms with Gasteiger partial charge in [0.15, 0.2) is 0 Å². The molecule has 1 rings (SSSR count). The molecule has 0 aromatic heterocycles. The number of halogens is 2. The van der Waals surface area contributed by atoms with Gasteiger partial charge in [0.25, 0.3) is 0 Å². The van der Waals surface area contributed by atoms with Crippen molar-refractivity contribution >= 4 is 17.5 Å². The van der Waals surface area contributed by atoms with Crippen molar-refractivity contribution in [3.63, 3.8) is 0 Å². The first kappa shape index (κ1) is 12.5. The van der Waals surface area contributed by atoms with Crippen LogP contribution in [-0.2, 0) is 11.2 Å². The lowest BCUT2D eigenvalue weighted by Gasteiger charge is -2.05. The minimum absolute atomic E-state index is 0.114. The lowest BCUT2D eigenvalue weighted by molar-refractivity contribution is -0.120. The smallest absolute Gasteiger partial charge is 0.224 e. The molecular weight excluding hydrogens is 231 g/mol. The second kappa shape index (κ2) is 6.09. The molecule has 0 radical (unpaired) electrons. The Morgan fingerprint density at radius 3 is 2.94 bits per heavy atom. The number of nitrogens with one attached hydrogen (secondary N) is 1. The number of carbonyl (C=O) groups is 1. The fourth-order valence-electron chi connectivity index (χ4n) is 1.18. The molecule has 0 bridgehead atoms. The number of hydrogen-bond acceptors (Lipinski definition) is 2. The summed E-state index contributed by atoms with van der Waals surface area (Å²) in [5.41, 5.74) is 0.179. The Balaban J connectivity index is 2.60. The molecule has 0 fully saturated rings. The van der Waals surface area contributed by atoms with Gasteiger partial charge in [0, 0.05) is 17.1 Å². The standard InChI is InChI=1S/C11H10ClFN2O/c12-9-3-1-4-10(13)8(9)7-11(16)15-6-2-5-14/h1,3-4H,2,6-7H2,(H,15,16). The zero-order valence-electron chi connectivity index (χ0n) is 8.46. The Morgan fingerprint density at radius 1 is 1.56 bits per heavy atom. The summed E-state index contributed by atoms with van der Waals surface area (Å²) in [6.07, 6.45) is 0.119. The van der Waals surface area contributed by atoms with Gasteiger partial charge < -0.3 is 5.32 Å². The summed E-state index contributed by atoms with van der Waals surface area (Å²) >= 11 is 5.76. The van der Waals surface area contributed by atoms with E-state index in [1.165, 1.54) is 18.2 Å². The summed E-state index contributed by atoms with van der Waals surface area (Å²) in [4.78, 5) is 11.3. The Bertz CT molecular complexity index is 408. The zero-order chi connectivity index (χ0) is 12.0. The third kappa shape index (κ3) is 3.52. The molecule has 84 valence electrons. The Morgan fingerprint density at radius 2 is 2.31 bits per heavy atom. The average Bonchev–Trinajstić information content (AvgIpc) is 2.24. The number of hydrogen-bond donors (Lipinski definition) is 1. The predicted molar refractivity (Wildman–Crippen MR) is 58.4 cm³/mol. The van der Waals surface area contributed by atoms with Crippen molar-refractivity contribution in [2.24, 2.45) is 0 Å². The van der Waals surface area contributed by atoms with Crippen LogP contribution in [0, 0.1) is 17.1 Å². The van der Waals surface area contributed by atoms with Crippen LogP contribution in [0.2, 0.25) is 5.02 Å². The van der Waals surface area contributed by atoms with Gasteiger partial charge in [-0.3, -0.25) is 4.79 Å². The molecule has 0 atom stereocenters. The molecule has 0 saturated heterocycles. The number of amides is 1. The monoisotopic (exact) mass is 240 g/mol. The summed E-state index contributed by atoms with van der Waals surface area (Å²) < 4.78 is 13.3. The highest BCUT2D eigenvalue weighted by Crippen LogP contribution is 2.19. The molecule has 0 spiro atoms. The van der Waals surface area contributed by atoms with E-state index in [1.54, 1.807) is 0 Å². The van der Waals surface area contributed by atoms with Gasteiger partial charge in [0.1, 0.15) is 5.82 Å². The second-order valence-electron chi connectivity index (χ2n) is 3.14. The number of nitriles is 1. The van der Waals surface area contributed by atoms with Gasteiger partial charge >= 0.3 is 0 Å². The fraction of sp³-hybridized carbons (Fsp3) is 0.273. The van der Waals surface area contributed by atoms with Crippen LogP contribution in [0.25, 0.3) is 0 Å². The maximum atomic E-state index is 13.3. The molecule has 0 aliphatic heterocycles. The van der Waals surface area contributed by atoms with Crippen molar-refractivity contribution in [1.29, 1.82) is 5.26 Å². The third-order valence-corrected chi connectivity index (χ3v) is 2.31. The molecule has 0 aliphatic carbocycles. The maximum Gasteiger partial charge on any atom is 0.224 e.